The average molecular weight is 278 g/mol. The molecule has 4 nitrogen and oxygen atoms in total. The van der Waals surface area contributed by atoms with E-state index >= 15 is 0 Å². The van der Waals surface area contributed by atoms with E-state index in [4.69, 9.17) is 9.47 Å². The van der Waals surface area contributed by atoms with E-state index in [1.54, 1.807) is 24.3 Å². The lowest BCUT2D eigenvalue weighted by Gasteiger charge is -2.11. The molecule has 0 amide bonds. The Bertz CT molecular complexity index is 420. The molecule has 110 valence electrons. The molecule has 0 radical (unpaired) electrons. The summed E-state index contributed by atoms with van der Waals surface area (Å²) in [6.07, 6.45) is 0.655. The van der Waals surface area contributed by atoms with E-state index in [0.29, 0.717) is 12.8 Å². The molecule has 0 aliphatic rings. The normalized spacial score (nSPS) is 10.7. The van der Waals surface area contributed by atoms with Gasteiger partial charge in [0.25, 0.3) is 0 Å². The van der Waals surface area contributed by atoms with Crippen molar-refractivity contribution in [3.8, 4) is 11.5 Å². The minimum atomic E-state index is -0.327. The third kappa shape index (κ3) is 5.87. The highest BCUT2D eigenvalue weighted by molar-refractivity contribution is 5.76. The lowest BCUT2D eigenvalue weighted by molar-refractivity contribution is -0.138. The number of carbonyl (C=O) groups excluding carboxylic acids is 2. The molecule has 0 bridgehead atoms. The highest BCUT2D eigenvalue weighted by Gasteiger charge is 2.14. The largest absolute Gasteiger partial charge is 0.423 e. The number of rotatable bonds is 6. The summed E-state index contributed by atoms with van der Waals surface area (Å²) in [5.41, 5.74) is 0. The van der Waals surface area contributed by atoms with Crippen LogP contribution in [-0.2, 0) is 9.59 Å². The molecule has 0 unspecified atom stereocenters. The fourth-order valence-electron chi connectivity index (χ4n) is 1.61. The van der Waals surface area contributed by atoms with Crippen LogP contribution in [0.1, 0.15) is 40.5 Å². The molecule has 0 aromatic heterocycles. The van der Waals surface area contributed by atoms with Crippen LogP contribution in [0.5, 0.6) is 11.5 Å². The lowest BCUT2D eigenvalue weighted by Crippen LogP contribution is -2.14. The summed E-state index contributed by atoms with van der Waals surface area (Å²) in [6, 6.07) is 6.71. The van der Waals surface area contributed by atoms with Gasteiger partial charge in [0.15, 0.2) is 11.5 Å². The Morgan fingerprint density at radius 3 is 1.50 bits per heavy atom. The fourth-order valence-corrected chi connectivity index (χ4v) is 1.61. The number of benzene rings is 1. The van der Waals surface area contributed by atoms with Crippen LogP contribution < -0.4 is 9.47 Å². The van der Waals surface area contributed by atoms with Gasteiger partial charge < -0.3 is 9.47 Å². The van der Waals surface area contributed by atoms with Gasteiger partial charge in [0, 0.05) is 12.8 Å². The molecule has 1 aromatic rings. The topological polar surface area (TPSA) is 52.6 Å². The van der Waals surface area contributed by atoms with Gasteiger partial charge in [0.1, 0.15) is 0 Å². The first kappa shape index (κ1) is 16.2. The maximum atomic E-state index is 11.7. The van der Waals surface area contributed by atoms with Crippen molar-refractivity contribution in [2.24, 2.45) is 11.8 Å². The van der Waals surface area contributed by atoms with E-state index in [2.05, 4.69) is 0 Å². The van der Waals surface area contributed by atoms with Gasteiger partial charge >= 0.3 is 11.9 Å². The van der Waals surface area contributed by atoms with Gasteiger partial charge in [-0.05, 0) is 24.0 Å². The van der Waals surface area contributed by atoms with Crippen molar-refractivity contribution in [1.82, 2.24) is 0 Å². The van der Waals surface area contributed by atoms with Gasteiger partial charge in [-0.3, -0.25) is 9.59 Å². The fraction of sp³-hybridized carbons (Fsp3) is 0.500. The molecule has 20 heavy (non-hydrogen) atoms. The van der Waals surface area contributed by atoms with E-state index in [-0.39, 0.29) is 35.3 Å². The van der Waals surface area contributed by atoms with Crippen molar-refractivity contribution in [3.05, 3.63) is 24.3 Å². The first-order chi connectivity index (χ1) is 9.38. The molecule has 0 fully saturated rings. The van der Waals surface area contributed by atoms with E-state index in [9.17, 15) is 9.59 Å². The zero-order valence-electron chi connectivity index (χ0n) is 12.5. The molecule has 4 heteroatoms. The second-order valence-electron chi connectivity index (χ2n) is 5.59. The van der Waals surface area contributed by atoms with Crippen LogP contribution >= 0.6 is 0 Å². The van der Waals surface area contributed by atoms with Gasteiger partial charge in [-0.1, -0.05) is 39.8 Å². The van der Waals surface area contributed by atoms with Crippen molar-refractivity contribution < 1.29 is 19.1 Å². The first-order valence-electron chi connectivity index (χ1n) is 6.89. The van der Waals surface area contributed by atoms with Crippen LogP contribution in [0.4, 0.5) is 0 Å². The maximum Gasteiger partial charge on any atom is 0.311 e. The van der Waals surface area contributed by atoms with Gasteiger partial charge in [-0.25, -0.2) is 0 Å². The minimum Gasteiger partial charge on any atom is -0.423 e. The minimum absolute atomic E-state index is 0.221. The number of ether oxygens (including phenoxy) is 2. The smallest absolute Gasteiger partial charge is 0.311 e. The van der Waals surface area contributed by atoms with Crippen LogP contribution in [0.2, 0.25) is 0 Å². The predicted molar refractivity (Wildman–Crippen MR) is 76.6 cm³/mol. The van der Waals surface area contributed by atoms with Crippen molar-refractivity contribution in [2.75, 3.05) is 0 Å². The molecular formula is C16H22O4. The lowest BCUT2D eigenvalue weighted by atomic mass is 10.1. The second-order valence-corrected chi connectivity index (χ2v) is 5.59. The number of esters is 2. The third-order valence-corrected chi connectivity index (χ3v) is 2.45. The zero-order chi connectivity index (χ0) is 15.1. The van der Waals surface area contributed by atoms with Crippen molar-refractivity contribution >= 4 is 11.9 Å². The zero-order valence-corrected chi connectivity index (χ0v) is 12.5. The molecule has 0 saturated carbocycles. The van der Waals surface area contributed by atoms with Crippen LogP contribution in [0, 0.1) is 11.8 Å². The Morgan fingerprint density at radius 1 is 0.850 bits per heavy atom. The molecule has 0 spiro atoms. The number of hydrogen-bond acceptors (Lipinski definition) is 4. The second kappa shape index (κ2) is 7.68. The van der Waals surface area contributed by atoms with Crippen molar-refractivity contribution in [3.63, 3.8) is 0 Å². The summed E-state index contributed by atoms with van der Waals surface area (Å²) in [5, 5.41) is 0. The summed E-state index contributed by atoms with van der Waals surface area (Å²) >= 11 is 0. The van der Waals surface area contributed by atoms with Crippen LogP contribution in [0.25, 0.3) is 0 Å². The van der Waals surface area contributed by atoms with E-state index < -0.39 is 0 Å². The summed E-state index contributed by atoms with van der Waals surface area (Å²) in [6.45, 7) is 7.76. The number of para-hydroxylation sites is 2. The summed E-state index contributed by atoms with van der Waals surface area (Å²) < 4.78 is 10.5. The molecular weight excluding hydrogens is 256 g/mol. The summed E-state index contributed by atoms with van der Waals surface area (Å²) in [7, 11) is 0. The average Bonchev–Trinajstić information content (AvgIpc) is 2.29. The van der Waals surface area contributed by atoms with Crippen LogP contribution in [0.15, 0.2) is 24.3 Å². The molecule has 1 aromatic carbocycles. The van der Waals surface area contributed by atoms with Crippen LogP contribution in [-0.4, -0.2) is 11.9 Å². The molecule has 0 atom stereocenters. The SMILES string of the molecule is CC(C)CC(=O)Oc1ccccc1OC(=O)CC(C)C. The third-order valence-electron chi connectivity index (χ3n) is 2.45. The van der Waals surface area contributed by atoms with Crippen molar-refractivity contribution in [2.45, 2.75) is 40.5 Å². The highest BCUT2D eigenvalue weighted by Crippen LogP contribution is 2.27. The molecule has 1 rings (SSSR count). The van der Waals surface area contributed by atoms with Crippen LogP contribution in [0.3, 0.4) is 0 Å². The summed E-state index contributed by atoms with van der Waals surface area (Å²) in [5.74, 6) is 0.363. The van der Waals surface area contributed by atoms with E-state index in [1.165, 1.54) is 0 Å². The van der Waals surface area contributed by atoms with Crippen molar-refractivity contribution in [1.29, 1.82) is 0 Å². The first-order valence-corrected chi connectivity index (χ1v) is 6.89. The Hall–Kier alpha value is -1.84. The van der Waals surface area contributed by atoms with Gasteiger partial charge in [-0.15, -0.1) is 0 Å². The van der Waals surface area contributed by atoms with E-state index in [1.807, 2.05) is 27.7 Å². The predicted octanol–water partition coefficient (Wildman–Crippen LogP) is 3.59. The summed E-state index contributed by atoms with van der Waals surface area (Å²) in [4.78, 5) is 23.4. The van der Waals surface area contributed by atoms with Gasteiger partial charge in [0.2, 0.25) is 0 Å². The number of carbonyl (C=O) groups is 2. The molecule has 0 saturated heterocycles. The standard InChI is InChI=1S/C16H22O4/c1-11(2)9-15(17)19-13-7-5-6-8-14(13)20-16(18)10-12(3)4/h5-8,11-12H,9-10H2,1-4H3. The van der Waals surface area contributed by atoms with Gasteiger partial charge in [-0.2, -0.15) is 0 Å². The maximum absolute atomic E-state index is 11.7. The van der Waals surface area contributed by atoms with Gasteiger partial charge in [0.05, 0.1) is 0 Å². The monoisotopic (exact) mass is 278 g/mol. The Labute approximate surface area is 120 Å². The Morgan fingerprint density at radius 2 is 1.20 bits per heavy atom. The quantitative estimate of drug-likeness (QED) is 0.589. The molecule has 0 aliphatic carbocycles. The molecule has 0 aliphatic heterocycles. The number of hydrogen-bond donors (Lipinski definition) is 0. The highest BCUT2D eigenvalue weighted by atomic mass is 16.6. The molecule has 0 N–H and O–H groups in total. The van der Waals surface area contributed by atoms with E-state index in [0.717, 1.165) is 0 Å². The Balaban J connectivity index is 2.73. The Kier molecular flexibility index (Phi) is 6.22. The molecule has 0 heterocycles.